The number of rotatable bonds is 7. The number of carbonyl (C=O) groups excluding carboxylic acids is 3. The van der Waals surface area contributed by atoms with E-state index in [1.54, 1.807) is 11.3 Å². The minimum Gasteiger partial charge on any atom is -0.353 e. The molecule has 176 valence electrons. The molecular formula is C22H25F2N5O3S. The largest absolute Gasteiger partial charge is 0.353 e. The second-order valence-corrected chi connectivity index (χ2v) is 9.19. The van der Waals surface area contributed by atoms with Gasteiger partial charge in [0.25, 0.3) is 0 Å². The number of amides is 4. The summed E-state index contributed by atoms with van der Waals surface area (Å²) >= 11 is 1.58. The maximum atomic E-state index is 13.8. The van der Waals surface area contributed by atoms with Crippen molar-refractivity contribution in [2.45, 2.75) is 43.9 Å². The Kier molecular flexibility index (Phi) is 7.19. The molecule has 4 rings (SSSR count). The van der Waals surface area contributed by atoms with Crippen molar-refractivity contribution < 1.29 is 23.2 Å². The molecule has 2 saturated heterocycles. The van der Waals surface area contributed by atoms with Crippen LogP contribution in [0.15, 0.2) is 35.7 Å². The van der Waals surface area contributed by atoms with Gasteiger partial charge in [-0.3, -0.25) is 14.5 Å². The molecular weight excluding hydrogens is 452 g/mol. The molecule has 8 nitrogen and oxygen atoms in total. The van der Waals surface area contributed by atoms with E-state index in [-0.39, 0.29) is 29.6 Å². The van der Waals surface area contributed by atoms with Gasteiger partial charge in [0, 0.05) is 42.5 Å². The summed E-state index contributed by atoms with van der Waals surface area (Å²) in [5, 5.41) is 12.9. The lowest BCUT2D eigenvalue weighted by atomic mass is 10.0. The highest BCUT2D eigenvalue weighted by Crippen LogP contribution is 2.26. The number of thiophene rings is 1. The molecule has 4 N–H and O–H groups in total. The van der Waals surface area contributed by atoms with E-state index >= 15 is 0 Å². The van der Waals surface area contributed by atoms with Crippen LogP contribution in [0, 0.1) is 11.6 Å². The van der Waals surface area contributed by atoms with Gasteiger partial charge in [-0.15, -0.1) is 11.3 Å². The Morgan fingerprint density at radius 3 is 2.85 bits per heavy atom. The summed E-state index contributed by atoms with van der Waals surface area (Å²) in [6.45, 7) is 1.38. The molecule has 2 aliphatic heterocycles. The number of halogens is 2. The lowest BCUT2D eigenvalue weighted by molar-refractivity contribution is -0.129. The van der Waals surface area contributed by atoms with Crippen molar-refractivity contribution in [3.63, 3.8) is 0 Å². The van der Waals surface area contributed by atoms with Gasteiger partial charge in [-0.2, -0.15) is 0 Å². The first-order valence-corrected chi connectivity index (χ1v) is 11.6. The van der Waals surface area contributed by atoms with Crippen LogP contribution in [0.5, 0.6) is 0 Å². The monoisotopic (exact) mass is 477 g/mol. The molecule has 4 amide bonds. The van der Waals surface area contributed by atoms with Crippen molar-refractivity contribution in [2.24, 2.45) is 0 Å². The highest BCUT2D eigenvalue weighted by Gasteiger charge is 2.43. The van der Waals surface area contributed by atoms with E-state index in [1.807, 2.05) is 22.4 Å². The van der Waals surface area contributed by atoms with Gasteiger partial charge in [0.2, 0.25) is 11.8 Å². The van der Waals surface area contributed by atoms with E-state index in [1.165, 1.54) is 0 Å². The van der Waals surface area contributed by atoms with Gasteiger partial charge in [0.05, 0.1) is 18.3 Å². The Morgan fingerprint density at radius 1 is 1.24 bits per heavy atom. The van der Waals surface area contributed by atoms with Gasteiger partial charge in [-0.25, -0.2) is 13.6 Å². The Bertz CT molecular complexity index is 1020. The lowest BCUT2D eigenvalue weighted by Gasteiger charge is -2.37. The number of nitrogens with one attached hydrogen (secondary N) is 4. The number of benzene rings is 1. The molecule has 1 aromatic carbocycles. The molecule has 2 aliphatic rings. The standard InChI is InChI=1S/C22H25F2N5O3S/c23-13-3-5-18(17(24)8-13)28-22(32)27-14-9-19-21(31)26-10-15(29(19)12-14)4-6-20(30)25-11-16-2-1-7-33-16/h1-3,5,7-8,14-15,19H,4,6,9-12H2,(H,25,30)(H,26,31)(H2,27,28,32). The van der Waals surface area contributed by atoms with Crippen molar-refractivity contribution >= 4 is 34.9 Å². The van der Waals surface area contributed by atoms with Crippen molar-refractivity contribution in [3.05, 3.63) is 52.2 Å². The normalized spacial score (nSPS) is 22.4. The smallest absolute Gasteiger partial charge is 0.319 e. The molecule has 11 heteroatoms. The Morgan fingerprint density at radius 2 is 2.09 bits per heavy atom. The van der Waals surface area contributed by atoms with E-state index in [0.717, 1.165) is 17.0 Å². The number of fused-ring (bicyclic) bond motifs is 1. The summed E-state index contributed by atoms with van der Waals surface area (Å²) in [4.78, 5) is 40.0. The number of carbonyl (C=O) groups is 3. The molecule has 33 heavy (non-hydrogen) atoms. The molecule has 0 aliphatic carbocycles. The Balaban J connectivity index is 1.28. The zero-order chi connectivity index (χ0) is 23.4. The van der Waals surface area contributed by atoms with Crippen LogP contribution in [0.1, 0.15) is 24.1 Å². The van der Waals surface area contributed by atoms with E-state index in [4.69, 9.17) is 0 Å². The van der Waals surface area contributed by atoms with Gasteiger partial charge in [0.1, 0.15) is 11.6 Å². The van der Waals surface area contributed by atoms with E-state index in [9.17, 15) is 23.2 Å². The first-order valence-electron chi connectivity index (χ1n) is 10.7. The maximum Gasteiger partial charge on any atom is 0.319 e. The predicted octanol–water partition coefficient (Wildman–Crippen LogP) is 2.19. The molecule has 0 saturated carbocycles. The summed E-state index contributed by atoms with van der Waals surface area (Å²) in [5.41, 5.74) is -0.131. The van der Waals surface area contributed by atoms with Crippen molar-refractivity contribution in [2.75, 3.05) is 18.4 Å². The number of hydrogen-bond acceptors (Lipinski definition) is 5. The zero-order valence-electron chi connectivity index (χ0n) is 17.8. The fourth-order valence-electron chi connectivity index (χ4n) is 4.27. The van der Waals surface area contributed by atoms with Crippen LogP contribution in [-0.2, 0) is 16.1 Å². The molecule has 3 unspecified atom stereocenters. The van der Waals surface area contributed by atoms with Crippen LogP contribution in [-0.4, -0.2) is 54.0 Å². The predicted molar refractivity (Wildman–Crippen MR) is 120 cm³/mol. The lowest BCUT2D eigenvalue weighted by Crippen LogP contribution is -2.58. The van der Waals surface area contributed by atoms with Crippen LogP contribution in [0.25, 0.3) is 0 Å². The van der Waals surface area contributed by atoms with Gasteiger partial charge in [-0.05, 0) is 36.4 Å². The van der Waals surface area contributed by atoms with Crippen LogP contribution < -0.4 is 21.3 Å². The molecule has 2 fully saturated rings. The fourth-order valence-corrected chi connectivity index (χ4v) is 4.91. The van der Waals surface area contributed by atoms with Crippen LogP contribution >= 0.6 is 11.3 Å². The maximum absolute atomic E-state index is 13.8. The summed E-state index contributed by atoms with van der Waals surface area (Å²) in [6, 6.07) is 5.42. The minimum absolute atomic E-state index is 0.0235. The number of hydrogen-bond donors (Lipinski definition) is 4. The Hall–Kier alpha value is -3.05. The minimum atomic E-state index is -0.870. The summed E-state index contributed by atoms with van der Waals surface area (Å²) in [6.07, 6.45) is 1.32. The molecule has 3 heterocycles. The highest BCUT2D eigenvalue weighted by molar-refractivity contribution is 7.09. The van der Waals surface area contributed by atoms with Gasteiger partial charge < -0.3 is 21.3 Å². The third kappa shape index (κ3) is 5.85. The molecule has 0 bridgehead atoms. The van der Waals surface area contributed by atoms with Crippen LogP contribution in [0.3, 0.4) is 0 Å². The van der Waals surface area contributed by atoms with Gasteiger partial charge >= 0.3 is 6.03 Å². The van der Waals surface area contributed by atoms with Gasteiger partial charge in [-0.1, -0.05) is 6.07 Å². The second-order valence-electron chi connectivity index (χ2n) is 8.16. The van der Waals surface area contributed by atoms with Crippen molar-refractivity contribution in [3.8, 4) is 0 Å². The number of piperazine rings is 1. The quantitative estimate of drug-likeness (QED) is 0.491. The molecule has 0 spiro atoms. The SMILES string of the molecule is O=C(CCC1CNC(=O)C2CC(NC(=O)Nc3ccc(F)cc3F)CN12)NCc1cccs1. The zero-order valence-corrected chi connectivity index (χ0v) is 18.6. The number of nitrogens with zero attached hydrogens (tertiary/aromatic N) is 1. The number of anilines is 1. The van der Waals surface area contributed by atoms with Crippen molar-refractivity contribution in [1.82, 2.24) is 20.9 Å². The summed E-state index contributed by atoms with van der Waals surface area (Å²) in [7, 11) is 0. The summed E-state index contributed by atoms with van der Waals surface area (Å²) < 4.78 is 26.8. The summed E-state index contributed by atoms with van der Waals surface area (Å²) in [5.74, 6) is -1.76. The van der Waals surface area contributed by atoms with Gasteiger partial charge in [0.15, 0.2) is 0 Å². The average Bonchev–Trinajstić information content (AvgIpc) is 3.44. The topological polar surface area (TPSA) is 103 Å². The third-order valence-electron chi connectivity index (χ3n) is 5.88. The highest BCUT2D eigenvalue weighted by atomic mass is 32.1. The molecule has 3 atom stereocenters. The van der Waals surface area contributed by atoms with E-state index in [2.05, 4.69) is 21.3 Å². The van der Waals surface area contributed by atoms with Crippen molar-refractivity contribution in [1.29, 1.82) is 0 Å². The molecule has 0 radical (unpaired) electrons. The van der Waals surface area contributed by atoms with Crippen LogP contribution in [0.4, 0.5) is 19.3 Å². The number of urea groups is 1. The second kappa shape index (κ2) is 10.3. The fraction of sp³-hybridized carbons (Fsp3) is 0.409. The first kappa shape index (κ1) is 23.1. The van der Waals surface area contributed by atoms with E-state index < -0.39 is 23.7 Å². The first-order chi connectivity index (χ1) is 15.9. The van der Waals surface area contributed by atoms with E-state index in [0.29, 0.717) is 45.0 Å². The van der Waals surface area contributed by atoms with Crippen LogP contribution in [0.2, 0.25) is 0 Å². The Labute approximate surface area is 193 Å². The third-order valence-corrected chi connectivity index (χ3v) is 6.76. The average molecular weight is 478 g/mol. The molecule has 1 aromatic heterocycles. The molecule has 2 aromatic rings.